The molecule has 5 heteroatoms. The normalized spacial score (nSPS) is 18.8. The zero-order chi connectivity index (χ0) is 17.4. The summed E-state index contributed by atoms with van der Waals surface area (Å²) in [5, 5.41) is 0. The number of nitrogens with zero attached hydrogens (tertiary/aromatic N) is 1. The molecule has 130 valence electrons. The average Bonchev–Trinajstić information content (AvgIpc) is 2.53. The Morgan fingerprint density at radius 3 is 2.58 bits per heavy atom. The molecule has 3 rings (SSSR count). The molecule has 5 nitrogen and oxygen atoms in total. The zero-order valence-electron chi connectivity index (χ0n) is 14.8. The Labute approximate surface area is 143 Å². The molecule has 0 radical (unpaired) electrons. The summed E-state index contributed by atoms with van der Waals surface area (Å²) in [5.41, 5.74) is 0.223. The van der Waals surface area contributed by atoms with E-state index in [1.54, 1.807) is 12.0 Å². The second-order valence-corrected chi connectivity index (χ2v) is 7.37. The Balaban J connectivity index is 1.66. The lowest BCUT2D eigenvalue weighted by Crippen LogP contribution is -2.50. The molecule has 0 atom stereocenters. The van der Waals surface area contributed by atoms with Gasteiger partial charge in [0.2, 0.25) is 0 Å². The van der Waals surface area contributed by atoms with Crippen LogP contribution in [0.3, 0.4) is 0 Å². The molecule has 2 heterocycles. The summed E-state index contributed by atoms with van der Waals surface area (Å²) in [6.45, 7) is 6.91. The highest BCUT2D eigenvalue weighted by atomic mass is 16.6. The molecule has 2 aliphatic heterocycles. The SMILES string of the molecule is COc1ccc2c(c1)C=CC1(CCN(C(=O)OC(C)(C)C)CC1)O2. The number of likely N-dealkylation sites (tertiary alicyclic amines) is 1. The molecule has 2 aliphatic rings. The van der Waals surface area contributed by atoms with E-state index in [4.69, 9.17) is 14.2 Å². The highest BCUT2D eigenvalue weighted by Crippen LogP contribution is 2.38. The summed E-state index contributed by atoms with van der Waals surface area (Å²) >= 11 is 0. The van der Waals surface area contributed by atoms with Crippen LogP contribution in [0.2, 0.25) is 0 Å². The Hall–Kier alpha value is -2.17. The Morgan fingerprint density at radius 1 is 1.25 bits per heavy atom. The number of hydrogen-bond acceptors (Lipinski definition) is 4. The number of amides is 1. The first-order valence-electron chi connectivity index (χ1n) is 8.34. The van der Waals surface area contributed by atoms with Crippen LogP contribution in [0.5, 0.6) is 11.5 Å². The average molecular weight is 331 g/mol. The Morgan fingerprint density at radius 2 is 1.96 bits per heavy atom. The minimum Gasteiger partial charge on any atom is -0.497 e. The molecule has 0 N–H and O–H groups in total. The highest BCUT2D eigenvalue weighted by Gasteiger charge is 2.38. The van der Waals surface area contributed by atoms with Gasteiger partial charge in [0.25, 0.3) is 0 Å². The minimum atomic E-state index is -0.467. The lowest BCUT2D eigenvalue weighted by Gasteiger charge is -2.42. The van der Waals surface area contributed by atoms with Crippen molar-refractivity contribution in [3.8, 4) is 11.5 Å². The second-order valence-electron chi connectivity index (χ2n) is 7.37. The van der Waals surface area contributed by atoms with E-state index in [1.807, 2.05) is 39.0 Å². The number of ether oxygens (including phenoxy) is 3. The van der Waals surface area contributed by atoms with E-state index in [9.17, 15) is 4.79 Å². The first-order valence-corrected chi connectivity index (χ1v) is 8.34. The maximum Gasteiger partial charge on any atom is 0.410 e. The summed E-state index contributed by atoms with van der Waals surface area (Å²) in [5.74, 6) is 1.68. The van der Waals surface area contributed by atoms with Gasteiger partial charge in [0, 0.05) is 31.5 Å². The number of rotatable bonds is 1. The van der Waals surface area contributed by atoms with Crippen LogP contribution in [0.4, 0.5) is 4.79 Å². The molecule has 1 fully saturated rings. The van der Waals surface area contributed by atoms with Crippen molar-refractivity contribution in [1.29, 1.82) is 0 Å². The number of benzene rings is 1. The van der Waals surface area contributed by atoms with E-state index in [1.165, 1.54) is 0 Å². The number of carbonyl (C=O) groups excluding carboxylic acids is 1. The minimum absolute atomic E-state index is 0.248. The highest BCUT2D eigenvalue weighted by molar-refractivity contribution is 5.68. The van der Waals surface area contributed by atoms with Crippen LogP contribution in [0.15, 0.2) is 24.3 Å². The molecule has 0 saturated carbocycles. The number of fused-ring (bicyclic) bond motifs is 1. The van der Waals surface area contributed by atoms with Gasteiger partial charge >= 0.3 is 6.09 Å². The smallest absolute Gasteiger partial charge is 0.410 e. The molecule has 1 amide bonds. The van der Waals surface area contributed by atoms with Gasteiger partial charge in [-0.05, 0) is 45.0 Å². The van der Waals surface area contributed by atoms with Crippen LogP contribution < -0.4 is 9.47 Å². The standard InChI is InChI=1S/C19H25NO4/c1-18(2,3)24-17(21)20-11-9-19(10-12-20)8-7-14-13-15(22-4)5-6-16(14)23-19/h5-8,13H,9-12H2,1-4H3. The van der Waals surface area contributed by atoms with E-state index in [0.29, 0.717) is 13.1 Å². The molecule has 24 heavy (non-hydrogen) atoms. The first-order chi connectivity index (χ1) is 11.3. The quantitative estimate of drug-likeness (QED) is 0.784. The maximum absolute atomic E-state index is 12.2. The fourth-order valence-corrected chi connectivity index (χ4v) is 3.03. The molecular weight excluding hydrogens is 306 g/mol. The monoisotopic (exact) mass is 331 g/mol. The van der Waals surface area contributed by atoms with Crippen LogP contribution >= 0.6 is 0 Å². The van der Waals surface area contributed by atoms with E-state index < -0.39 is 5.60 Å². The molecule has 1 spiro atoms. The number of carbonyl (C=O) groups is 1. The second kappa shape index (κ2) is 6.04. The maximum atomic E-state index is 12.2. The fourth-order valence-electron chi connectivity index (χ4n) is 3.03. The van der Waals surface area contributed by atoms with Crippen LogP contribution in [0, 0.1) is 0 Å². The van der Waals surface area contributed by atoms with Gasteiger partial charge in [-0.25, -0.2) is 4.79 Å². The molecule has 1 aromatic carbocycles. The van der Waals surface area contributed by atoms with Gasteiger partial charge < -0.3 is 19.1 Å². The fraction of sp³-hybridized carbons (Fsp3) is 0.526. The van der Waals surface area contributed by atoms with Crippen LogP contribution in [-0.4, -0.2) is 42.4 Å². The van der Waals surface area contributed by atoms with Crippen molar-refractivity contribution >= 4 is 12.2 Å². The van der Waals surface area contributed by atoms with Crippen molar-refractivity contribution in [2.24, 2.45) is 0 Å². The van der Waals surface area contributed by atoms with Crippen LogP contribution in [-0.2, 0) is 4.74 Å². The number of piperidine rings is 1. The van der Waals surface area contributed by atoms with Crippen molar-refractivity contribution < 1.29 is 19.0 Å². The summed E-state index contributed by atoms with van der Waals surface area (Å²) in [4.78, 5) is 13.9. The third-order valence-corrected chi connectivity index (χ3v) is 4.36. The summed E-state index contributed by atoms with van der Waals surface area (Å²) in [6, 6.07) is 5.82. The predicted octanol–water partition coefficient (Wildman–Crippen LogP) is 3.87. The Kier molecular flexibility index (Phi) is 4.20. The van der Waals surface area contributed by atoms with E-state index in [0.717, 1.165) is 29.9 Å². The van der Waals surface area contributed by atoms with E-state index >= 15 is 0 Å². The summed E-state index contributed by atoms with van der Waals surface area (Å²) in [6.07, 6.45) is 5.47. The molecular formula is C19H25NO4. The van der Waals surface area contributed by atoms with Crippen LogP contribution in [0.1, 0.15) is 39.2 Å². The lowest BCUT2D eigenvalue weighted by molar-refractivity contribution is -0.00103. The van der Waals surface area contributed by atoms with Crippen molar-refractivity contribution in [3.05, 3.63) is 29.8 Å². The molecule has 1 aromatic rings. The number of methoxy groups -OCH3 is 1. The molecule has 0 aromatic heterocycles. The first kappa shape index (κ1) is 16.7. The molecule has 0 bridgehead atoms. The van der Waals surface area contributed by atoms with E-state index in [-0.39, 0.29) is 11.7 Å². The zero-order valence-corrected chi connectivity index (χ0v) is 14.8. The van der Waals surface area contributed by atoms with E-state index in [2.05, 4.69) is 12.2 Å². The molecule has 0 aliphatic carbocycles. The Bertz CT molecular complexity index is 652. The summed E-state index contributed by atoms with van der Waals surface area (Å²) in [7, 11) is 1.66. The van der Waals surface area contributed by atoms with Crippen molar-refractivity contribution in [1.82, 2.24) is 4.90 Å². The summed E-state index contributed by atoms with van der Waals surface area (Å²) < 4.78 is 17.0. The lowest BCUT2D eigenvalue weighted by atomic mass is 9.88. The third-order valence-electron chi connectivity index (χ3n) is 4.36. The third kappa shape index (κ3) is 3.50. The molecule has 1 saturated heterocycles. The number of hydrogen-bond donors (Lipinski definition) is 0. The molecule has 0 unspecified atom stereocenters. The van der Waals surface area contributed by atoms with Gasteiger partial charge in [0.1, 0.15) is 22.7 Å². The van der Waals surface area contributed by atoms with Crippen molar-refractivity contribution in [2.45, 2.75) is 44.8 Å². The van der Waals surface area contributed by atoms with Crippen LogP contribution in [0.25, 0.3) is 6.08 Å². The van der Waals surface area contributed by atoms with Gasteiger partial charge in [-0.1, -0.05) is 6.08 Å². The van der Waals surface area contributed by atoms with Gasteiger partial charge in [-0.2, -0.15) is 0 Å². The van der Waals surface area contributed by atoms with Crippen molar-refractivity contribution in [3.63, 3.8) is 0 Å². The van der Waals surface area contributed by atoms with Gasteiger partial charge in [-0.15, -0.1) is 0 Å². The van der Waals surface area contributed by atoms with Gasteiger partial charge in [-0.3, -0.25) is 0 Å². The van der Waals surface area contributed by atoms with Gasteiger partial charge in [0.15, 0.2) is 0 Å². The largest absolute Gasteiger partial charge is 0.497 e. The topological polar surface area (TPSA) is 48.0 Å². The van der Waals surface area contributed by atoms with Crippen molar-refractivity contribution in [2.75, 3.05) is 20.2 Å². The predicted molar refractivity (Wildman–Crippen MR) is 92.4 cm³/mol. The van der Waals surface area contributed by atoms with Gasteiger partial charge in [0.05, 0.1) is 7.11 Å².